The van der Waals surface area contributed by atoms with Crippen LogP contribution in [0, 0.1) is 5.92 Å². The van der Waals surface area contributed by atoms with Gasteiger partial charge in [-0.1, -0.05) is 26.2 Å². The molecule has 0 radical (unpaired) electrons. The molecular formula is C19H33N5O. The van der Waals surface area contributed by atoms with Crippen molar-refractivity contribution in [3.63, 3.8) is 0 Å². The Morgan fingerprint density at radius 1 is 1.36 bits per heavy atom. The van der Waals surface area contributed by atoms with Crippen LogP contribution in [0.2, 0.25) is 0 Å². The summed E-state index contributed by atoms with van der Waals surface area (Å²) in [6.07, 6.45) is 12.2. The van der Waals surface area contributed by atoms with Crippen LogP contribution < -0.4 is 5.32 Å². The maximum absolute atomic E-state index is 10.8. The SMILES string of the molecule is CCNC(=NCC1(O)CCCCC1)N1CCC(C)C(n2ccnc2)C1. The Balaban J connectivity index is 1.69. The van der Waals surface area contributed by atoms with Crippen molar-refractivity contribution in [2.75, 3.05) is 26.2 Å². The average Bonchev–Trinajstić information content (AvgIpc) is 3.14. The van der Waals surface area contributed by atoms with Crippen LogP contribution in [0.25, 0.3) is 0 Å². The molecule has 1 aliphatic carbocycles. The van der Waals surface area contributed by atoms with Crippen molar-refractivity contribution in [2.24, 2.45) is 10.9 Å². The molecule has 2 atom stereocenters. The molecule has 2 fully saturated rings. The molecule has 0 amide bonds. The Bertz CT molecular complexity index is 550. The number of hydrogen-bond acceptors (Lipinski definition) is 3. The quantitative estimate of drug-likeness (QED) is 0.648. The highest BCUT2D eigenvalue weighted by Crippen LogP contribution is 2.29. The van der Waals surface area contributed by atoms with Gasteiger partial charge in [0.1, 0.15) is 0 Å². The topological polar surface area (TPSA) is 65.7 Å². The van der Waals surface area contributed by atoms with Crippen LogP contribution in [-0.4, -0.2) is 57.3 Å². The van der Waals surface area contributed by atoms with E-state index < -0.39 is 5.60 Å². The molecule has 6 nitrogen and oxygen atoms in total. The van der Waals surface area contributed by atoms with Gasteiger partial charge in [0.2, 0.25) is 0 Å². The molecule has 2 heterocycles. The highest BCUT2D eigenvalue weighted by molar-refractivity contribution is 5.80. The summed E-state index contributed by atoms with van der Waals surface area (Å²) in [5.74, 6) is 1.56. The van der Waals surface area contributed by atoms with Gasteiger partial charge < -0.3 is 19.9 Å². The van der Waals surface area contributed by atoms with E-state index in [1.165, 1.54) is 6.42 Å². The summed E-state index contributed by atoms with van der Waals surface area (Å²) >= 11 is 0. The Labute approximate surface area is 151 Å². The van der Waals surface area contributed by atoms with Crippen molar-refractivity contribution in [1.29, 1.82) is 0 Å². The fraction of sp³-hybridized carbons (Fsp3) is 0.789. The molecule has 25 heavy (non-hydrogen) atoms. The van der Waals surface area contributed by atoms with Gasteiger partial charge in [0, 0.05) is 32.0 Å². The van der Waals surface area contributed by atoms with E-state index in [1.54, 1.807) is 0 Å². The number of rotatable bonds is 4. The van der Waals surface area contributed by atoms with Gasteiger partial charge in [0.05, 0.1) is 24.5 Å². The molecule has 1 saturated heterocycles. The number of likely N-dealkylation sites (tertiary alicyclic amines) is 1. The first-order valence-electron chi connectivity index (χ1n) is 9.84. The van der Waals surface area contributed by atoms with Crippen LogP contribution in [0.4, 0.5) is 0 Å². The number of piperidine rings is 1. The largest absolute Gasteiger partial charge is 0.388 e. The van der Waals surface area contributed by atoms with Crippen molar-refractivity contribution in [2.45, 2.75) is 64.0 Å². The van der Waals surface area contributed by atoms with Gasteiger partial charge in [-0.05, 0) is 32.1 Å². The van der Waals surface area contributed by atoms with Crippen LogP contribution in [0.3, 0.4) is 0 Å². The van der Waals surface area contributed by atoms with Crippen LogP contribution in [-0.2, 0) is 0 Å². The number of aliphatic imine (C=N–C) groups is 1. The first-order valence-corrected chi connectivity index (χ1v) is 9.84. The molecule has 1 aliphatic heterocycles. The zero-order chi connectivity index (χ0) is 17.7. The zero-order valence-corrected chi connectivity index (χ0v) is 15.7. The molecule has 1 aromatic rings. The van der Waals surface area contributed by atoms with Gasteiger partial charge in [-0.15, -0.1) is 0 Å². The summed E-state index contributed by atoms with van der Waals surface area (Å²) < 4.78 is 2.22. The molecule has 140 valence electrons. The minimum absolute atomic E-state index is 0.415. The number of imidazole rings is 1. The average molecular weight is 348 g/mol. The summed E-state index contributed by atoms with van der Waals surface area (Å²) in [6.45, 7) is 7.72. The van der Waals surface area contributed by atoms with E-state index in [4.69, 9.17) is 4.99 Å². The molecule has 0 bridgehead atoms. The highest BCUT2D eigenvalue weighted by atomic mass is 16.3. The first-order chi connectivity index (χ1) is 12.1. The Morgan fingerprint density at radius 3 is 2.84 bits per heavy atom. The zero-order valence-electron chi connectivity index (χ0n) is 15.7. The molecule has 0 aromatic carbocycles. The van der Waals surface area contributed by atoms with Gasteiger partial charge in [-0.2, -0.15) is 0 Å². The lowest BCUT2D eigenvalue weighted by Crippen LogP contribution is -2.49. The Hall–Kier alpha value is -1.56. The lowest BCUT2D eigenvalue weighted by Gasteiger charge is -2.39. The smallest absolute Gasteiger partial charge is 0.194 e. The van der Waals surface area contributed by atoms with Crippen molar-refractivity contribution >= 4 is 5.96 Å². The summed E-state index contributed by atoms with van der Waals surface area (Å²) in [6, 6.07) is 0.415. The summed E-state index contributed by atoms with van der Waals surface area (Å²) in [7, 11) is 0. The fourth-order valence-electron chi connectivity index (χ4n) is 4.11. The molecule has 2 unspecified atom stereocenters. The van der Waals surface area contributed by atoms with Crippen LogP contribution in [0.1, 0.15) is 58.4 Å². The van der Waals surface area contributed by atoms with E-state index in [0.717, 1.165) is 57.7 Å². The van der Waals surface area contributed by atoms with E-state index in [-0.39, 0.29) is 0 Å². The summed E-state index contributed by atoms with van der Waals surface area (Å²) in [5.41, 5.74) is -0.605. The molecule has 3 rings (SSSR count). The van der Waals surface area contributed by atoms with Gasteiger partial charge in [0.15, 0.2) is 5.96 Å². The first kappa shape index (κ1) is 18.2. The Morgan fingerprint density at radius 2 is 2.16 bits per heavy atom. The van der Waals surface area contributed by atoms with E-state index >= 15 is 0 Å². The molecule has 2 N–H and O–H groups in total. The van der Waals surface area contributed by atoms with E-state index in [2.05, 4.69) is 39.8 Å². The number of nitrogens with zero attached hydrogens (tertiary/aromatic N) is 4. The number of guanidine groups is 1. The Kier molecular flexibility index (Phi) is 5.99. The standard InChI is InChI=1S/C19H33N5O/c1-3-21-18(22-14-19(25)8-5-4-6-9-19)23-11-7-16(2)17(13-23)24-12-10-20-15-24/h10,12,15-17,25H,3-9,11,13-14H2,1-2H3,(H,21,22). The highest BCUT2D eigenvalue weighted by Gasteiger charge is 2.31. The third-order valence-corrected chi connectivity index (χ3v) is 5.77. The second-order valence-electron chi connectivity index (χ2n) is 7.74. The van der Waals surface area contributed by atoms with E-state index in [0.29, 0.717) is 18.5 Å². The van der Waals surface area contributed by atoms with E-state index in [9.17, 15) is 5.11 Å². The molecular weight excluding hydrogens is 314 g/mol. The second kappa shape index (κ2) is 8.21. The lowest BCUT2D eigenvalue weighted by molar-refractivity contribution is 0.0128. The van der Waals surface area contributed by atoms with Gasteiger partial charge in [-0.3, -0.25) is 4.99 Å². The van der Waals surface area contributed by atoms with Gasteiger partial charge >= 0.3 is 0 Å². The number of nitrogens with one attached hydrogen (secondary N) is 1. The summed E-state index contributed by atoms with van der Waals surface area (Å²) in [5, 5.41) is 14.2. The second-order valence-corrected chi connectivity index (χ2v) is 7.74. The predicted octanol–water partition coefficient (Wildman–Crippen LogP) is 2.43. The summed E-state index contributed by atoms with van der Waals surface area (Å²) in [4.78, 5) is 11.4. The van der Waals surface area contributed by atoms with Crippen LogP contribution >= 0.6 is 0 Å². The monoisotopic (exact) mass is 347 g/mol. The van der Waals surface area contributed by atoms with Crippen LogP contribution in [0.15, 0.2) is 23.7 Å². The van der Waals surface area contributed by atoms with Crippen LogP contribution in [0.5, 0.6) is 0 Å². The van der Waals surface area contributed by atoms with Crippen molar-refractivity contribution in [3.8, 4) is 0 Å². The van der Waals surface area contributed by atoms with Gasteiger partial charge in [-0.25, -0.2) is 4.98 Å². The molecule has 1 aromatic heterocycles. The normalized spacial score (nSPS) is 27.3. The molecule has 2 aliphatic rings. The predicted molar refractivity (Wildman–Crippen MR) is 101 cm³/mol. The molecule has 0 spiro atoms. The van der Waals surface area contributed by atoms with Crippen molar-refractivity contribution < 1.29 is 5.11 Å². The minimum atomic E-state index is -0.605. The molecule has 1 saturated carbocycles. The maximum atomic E-state index is 10.8. The molecule has 6 heteroatoms. The van der Waals surface area contributed by atoms with Crippen molar-refractivity contribution in [1.82, 2.24) is 19.8 Å². The fourth-order valence-corrected chi connectivity index (χ4v) is 4.11. The number of aromatic nitrogens is 2. The lowest BCUT2D eigenvalue weighted by atomic mass is 9.85. The number of aliphatic hydroxyl groups is 1. The van der Waals surface area contributed by atoms with E-state index in [1.807, 2.05) is 12.5 Å². The number of hydrogen-bond donors (Lipinski definition) is 2. The third kappa shape index (κ3) is 4.54. The van der Waals surface area contributed by atoms with Crippen molar-refractivity contribution in [3.05, 3.63) is 18.7 Å². The minimum Gasteiger partial charge on any atom is -0.388 e. The third-order valence-electron chi connectivity index (χ3n) is 5.77. The van der Waals surface area contributed by atoms with Gasteiger partial charge in [0.25, 0.3) is 0 Å². The maximum Gasteiger partial charge on any atom is 0.194 e.